The highest BCUT2D eigenvalue weighted by Gasteiger charge is 2.33. The van der Waals surface area contributed by atoms with Gasteiger partial charge < -0.3 is 20.5 Å². The number of carboxylic acids is 1. The second kappa shape index (κ2) is 14.8. The molecule has 0 aliphatic carbocycles. The van der Waals surface area contributed by atoms with Gasteiger partial charge in [-0.25, -0.2) is 4.79 Å². The van der Waals surface area contributed by atoms with E-state index in [1.807, 2.05) is 0 Å². The van der Waals surface area contributed by atoms with E-state index >= 15 is 0 Å². The summed E-state index contributed by atoms with van der Waals surface area (Å²) in [6.45, 7) is 7.48. The lowest BCUT2D eigenvalue weighted by atomic mass is 10.0. The van der Waals surface area contributed by atoms with Crippen LogP contribution in [-0.4, -0.2) is 104 Å². The summed E-state index contributed by atoms with van der Waals surface area (Å²) >= 11 is 0. The first-order chi connectivity index (χ1) is 12.6. The summed E-state index contributed by atoms with van der Waals surface area (Å²) in [5, 5.41) is 16.0. The van der Waals surface area contributed by atoms with Crippen LogP contribution in [-0.2, 0) is 14.3 Å². The van der Waals surface area contributed by atoms with Crippen LogP contribution < -0.4 is 10.6 Å². The van der Waals surface area contributed by atoms with Crippen molar-refractivity contribution in [1.29, 1.82) is 0 Å². The zero-order valence-electron chi connectivity index (χ0n) is 16.7. The molecule has 3 N–H and O–H groups in total. The Kier molecular flexibility index (Phi) is 14.7. The number of aliphatic carboxylic acids is 1. The standard InChI is InChI=1S/C18H32N4O4.3ClH/c23-16(17(18(24)25)26-15-3-7-20-8-4-15)13-21-9-11-22(12-10-21)14-1-5-19-6-2-14;;;/h14-15,17,19-20H,1-13H2,(H,24,25);3*1H. The molecule has 0 bridgehead atoms. The number of Topliss-reactive ketones (excluding diaryl/α,β-unsaturated/α-hetero) is 1. The molecule has 0 aromatic rings. The number of rotatable bonds is 7. The molecule has 3 aliphatic heterocycles. The molecular weight excluding hydrogens is 443 g/mol. The number of carboxylic acid groups (broad SMARTS) is 1. The van der Waals surface area contributed by atoms with E-state index in [1.54, 1.807) is 0 Å². The molecule has 11 heteroatoms. The first-order valence-electron chi connectivity index (χ1n) is 9.92. The van der Waals surface area contributed by atoms with Crippen LogP contribution in [0, 0.1) is 0 Å². The van der Waals surface area contributed by atoms with E-state index in [0.29, 0.717) is 6.04 Å². The lowest BCUT2D eigenvalue weighted by molar-refractivity contribution is -0.162. The smallest absolute Gasteiger partial charge is 0.340 e. The summed E-state index contributed by atoms with van der Waals surface area (Å²) in [6.07, 6.45) is 2.41. The Morgan fingerprint density at radius 2 is 1.41 bits per heavy atom. The molecule has 29 heavy (non-hydrogen) atoms. The third-order valence-electron chi connectivity index (χ3n) is 5.74. The molecule has 0 radical (unpaired) electrons. The van der Waals surface area contributed by atoms with Crippen LogP contribution in [0.1, 0.15) is 25.7 Å². The van der Waals surface area contributed by atoms with Crippen molar-refractivity contribution in [3.8, 4) is 0 Å². The molecule has 0 saturated carbocycles. The minimum Gasteiger partial charge on any atom is -0.479 e. The molecular formula is C18H35Cl3N4O4. The summed E-state index contributed by atoms with van der Waals surface area (Å²) < 4.78 is 5.64. The van der Waals surface area contributed by atoms with Crippen molar-refractivity contribution in [3.05, 3.63) is 0 Å². The number of ether oxygens (including phenoxy) is 1. The van der Waals surface area contributed by atoms with Gasteiger partial charge in [0.25, 0.3) is 0 Å². The van der Waals surface area contributed by atoms with Gasteiger partial charge in [0, 0.05) is 32.2 Å². The number of carbonyl (C=O) groups is 2. The predicted molar refractivity (Wildman–Crippen MR) is 119 cm³/mol. The normalized spacial score (nSPS) is 23.2. The van der Waals surface area contributed by atoms with Crippen molar-refractivity contribution in [2.75, 3.05) is 58.9 Å². The van der Waals surface area contributed by atoms with Crippen molar-refractivity contribution in [2.45, 2.75) is 43.9 Å². The number of nitrogens with zero attached hydrogens (tertiary/aromatic N) is 2. The van der Waals surface area contributed by atoms with Gasteiger partial charge in [0.1, 0.15) is 0 Å². The molecule has 3 rings (SSSR count). The van der Waals surface area contributed by atoms with E-state index in [-0.39, 0.29) is 55.7 Å². The summed E-state index contributed by atoms with van der Waals surface area (Å²) in [7, 11) is 0. The maximum atomic E-state index is 12.5. The third-order valence-corrected chi connectivity index (χ3v) is 5.74. The van der Waals surface area contributed by atoms with Crippen molar-refractivity contribution in [3.63, 3.8) is 0 Å². The van der Waals surface area contributed by atoms with Gasteiger partial charge >= 0.3 is 5.97 Å². The van der Waals surface area contributed by atoms with Crippen molar-refractivity contribution < 1.29 is 19.4 Å². The average molecular weight is 478 g/mol. The zero-order valence-corrected chi connectivity index (χ0v) is 19.2. The molecule has 3 aliphatic rings. The van der Waals surface area contributed by atoms with E-state index in [1.165, 1.54) is 12.8 Å². The van der Waals surface area contributed by atoms with Gasteiger partial charge in [-0.05, 0) is 51.9 Å². The number of piperidine rings is 2. The number of hydrogen-bond acceptors (Lipinski definition) is 7. The first kappa shape index (κ1) is 28.8. The van der Waals surface area contributed by atoms with E-state index in [4.69, 9.17) is 4.74 Å². The number of piperazine rings is 1. The Labute approximate surface area is 191 Å². The SMILES string of the molecule is Cl.Cl.Cl.O=C(O)C(OC1CCNCC1)C(=O)CN1CCN(C2CCNCC2)CC1. The first-order valence-corrected chi connectivity index (χ1v) is 9.92. The summed E-state index contributed by atoms with van der Waals surface area (Å²) in [4.78, 5) is 28.6. The molecule has 8 nitrogen and oxygen atoms in total. The Bertz CT molecular complexity index is 484. The van der Waals surface area contributed by atoms with Crippen molar-refractivity contribution in [2.24, 2.45) is 0 Å². The predicted octanol–water partition coefficient (Wildman–Crippen LogP) is 0.412. The topological polar surface area (TPSA) is 94.1 Å². The molecule has 3 heterocycles. The zero-order chi connectivity index (χ0) is 18.4. The summed E-state index contributed by atoms with van der Waals surface area (Å²) in [5.41, 5.74) is 0. The molecule has 0 spiro atoms. The fourth-order valence-electron chi connectivity index (χ4n) is 4.16. The number of nitrogens with one attached hydrogen (secondary N) is 2. The van der Waals surface area contributed by atoms with Gasteiger partial charge in [-0.2, -0.15) is 0 Å². The van der Waals surface area contributed by atoms with Gasteiger partial charge in [0.15, 0.2) is 5.78 Å². The summed E-state index contributed by atoms with van der Waals surface area (Å²) in [6, 6.07) is 0.643. The monoisotopic (exact) mass is 476 g/mol. The minimum atomic E-state index is -1.33. The van der Waals surface area contributed by atoms with Crippen LogP contribution in [0.2, 0.25) is 0 Å². The van der Waals surface area contributed by atoms with Crippen LogP contribution >= 0.6 is 37.2 Å². The fourth-order valence-corrected chi connectivity index (χ4v) is 4.16. The maximum absolute atomic E-state index is 12.5. The Morgan fingerprint density at radius 3 is 1.93 bits per heavy atom. The Hall–Kier alpha value is -0.190. The number of hydrogen-bond donors (Lipinski definition) is 3. The maximum Gasteiger partial charge on any atom is 0.340 e. The van der Waals surface area contributed by atoms with Crippen LogP contribution in [0.4, 0.5) is 0 Å². The minimum absolute atomic E-state index is 0. The Morgan fingerprint density at radius 1 is 0.897 bits per heavy atom. The Balaban J connectivity index is 0.00000261. The van der Waals surface area contributed by atoms with E-state index in [2.05, 4.69) is 20.4 Å². The summed E-state index contributed by atoms with van der Waals surface area (Å²) in [5.74, 6) is -1.49. The third kappa shape index (κ3) is 8.83. The van der Waals surface area contributed by atoms with Crippen LogP contribution in [0.25, 0.3) is 0 Å². The number of halogens is 3. The number of ketones is 1. The molecule has 0 amide bonds. The highest BCUT2D eigenvalue weighted by molar-refractivity contribution is 6.02. The highest BCUT2D eigenvalue weighted by atomic mass is 35.5. The second-order valence-electron chi connectivity index (χ2n) is 7.56. The fraction of sp³-hybridized carbons (Fsp3) is 0.889. The highest BCUT2D eigenvalue weighted by Crippen LogP contribution is 2.15. The molecule has 172 valence electrons. The molecule has 1 unspecified atom stereocenters. The van der Waals surface area contributed by atoms with Gasteiger partial charge in [-0.3, -0.25) is 14.6 Å². The molecule has 3 saturated heterocycles. The molecule has 0 aromatic carbocycles. The van der Waals surface area contributed by atoms with E-state index < -0.39 is 12.1 Å². The van der Waals surface area contributed by atoms with E-state index in [0.717, 1.165) is 65.2 Å². The lowest BCUT2D eigenvalue weighted by Gasteiger charge is -2.40. The van der Waals surface area contributed by atoms with E-state index in [9.17, 15) is 14.7 Å². The number of carbonyl (C=O) groups excluding carboxylic acids is 1. The van der Waals surface area contributed by atoms with Gasteiger partial charge in [0.2, 0.25) is 6.10 Å². The second-order valence-corrected chi connectivity index (χ2v) is 7.56. The lowest BCUT2D eigenvalue weighted by Crippen LogP contribution is -2.54. The van der Waals surface area contributed by atoms with Crippen molar-refractivity contribution in [1.82, 2.24) is 20.4 Å². The van der Waals surface area contributed by atoms with Gasteiger partial charge in [0.05, 0.1) is 12.6 Å². The van der Waals surface area contributed by atoms with Gasteiger partial charge in [-0.15, -0.1) is 37.2 Å². The molecule has 1 atom stereocenters. The quantitative estimate of drug-likeness (QED) is 0.454. The van der Waals surface area contributed by atoms with Crippen LogP contribution in [0.15, 0.2) is 0 Å². The molecule has 3 fully saturated rings. The van der Waals surface area contributed by atoms with Crippen LogP contribution in [0.3, 0.4) is 0 Å². The average Bonchev–Trinajstić information content (AvgIpc) is 2.68. The van der Waals surface area contributed by atoms with Gasteiger partial charge in [-0.1, -0.05) is 0 Å². The molecule has 0 aromatic heterocycles. The van der Waals surface area contributed by atoms with Crippen molar-refractivity contribution >= 4 is 49.0 Å². The largest absolute Gasteiger partial charge is 0.479 e. The van der Waals surface area contributed by atoms with Crippen LogP contribution in [0.5, 0.6) is 0 Å².